The summed E-state index contributed by atoms with van der Waals surface area (Å²) in [6.45, 7) is 4.82. The SMILES string of the molecule is N#Cc1ccccc1CN1CCC2(CC1)CN(c1ccncn1)CC2CO. The number of piperidine rings is 1. The van der Waals surface area contributed by atoms with Crippen LogP contribution in [0.4, 0.5) is 5.82 Å². The van der Waals surface area contributed by atoms with Gasteiger partial charge in [0.25, 0.3) is 0 Å². The molecule has 0 bridgehead atoms. The fourth-order valence-electron chi connectivity index (χ4n) is 4.66. The molecule has 0 aliphatic carbocycles. The third kappa shape index (κ3) is 3.53. The maximum Gasteiger partial charge on any atom is 0.131 e. The predicted molar refractivity (Wildman–Crippen MR) is 103 cm³/mol. The highest BCUT2D eigenvalue weighted by atomic mass is 16.3. The maximum absolute atomic E-state index is 10.0. The summed E-state index contributed by atoms with van der Waals surface area (Å²) in [4.78, 5) is 13.1. The lowest BCUT2D eigenvalue weighted by molar-refractivity contribution is 0.0506. The summed E-state index contributed by atoms with van der Waals surface area (Å²) in [5.74, 6) is 1.23. The van der Waals surface area contributed by atoms with E-state index in [1.807, 2.05) is 30.3 Å². The predicted octanol–water partition coefficient (Wildman–Crippen LogP) is 2.06. The summed E-state index contributed by atoms with van der Waals surface area (Å²) in [6.07, 6.45) is 5.49. The molecule has 27 heavy (non-hydrogen) atoms. The Morgan fingerprint density at radius 1 is 1.22 bits per heavy atom. The van der Waals surface area contributed by atoms with Gasteiger partial charge in [-0.15, -0.1) is 0 Å². The number of nitriles is 1. The fourth-order valence-corrected chi connectivity index (χ4v) is 4.66. The van der Waals surface area contributed by atoms with Crippen molar-refractivity contribution < 1.29 is 5.11 Å². The zero-order valence-corrected chi connectivity index (χ0v) is 15.5. The van der Waals surface area contributed by atoms with Gasteiger partial charge in [0.15, 0.2) is 0 Å². The number of anilines is 1. The van der Waals surface area contributed by atoms with Gasteiger partial charge in [0, 0.05) is 38.4 Å². The van der Waals surface area contributed by atoms with E-state index in [1.165, 1.54) is 0 Å². The normalized spacial score (nSPS) is 22.1. The van der Waals surface area contributed by atoms with Crippen LogP contribution in [0.15, 0.2) is 42.9 Å². The Kier molecular flexibility index (Phi) is 5.06. The van der Waals surface area contributed by atoms with Crippen LogP contribution >= 0.6 is 0 Å². The lowest BCUT2D eigenvalue weighted by Gasteiger charge is -2.42. The quantitative estimate of drug-likeness (QED) is 0.896. The molecule has 1 atom stereocenters. The number of aliphatic hydroxyl groups excluding tert-OH is 1. The first-order valence-electron chi connectivity index (χ1n) is 9.56. The first-order chi connectivity index (χ1) is 13.2. The first kappa shape index (κ1) is 17.9. The van der Waals surface area contributed by atoms with E-state index in [1.54, 1.807) is 12.5 Å². The van der Waals surface area contributed by atoms with Crippen molar-refractivity contribution in [2.24, 2.45) is 11.3 Å². The monoisotopic (exact) mass is 363 g/mol. The molecule has 6 heteroatoms. The van der Waals surface area contributed by atoms with Crippen LogP contribution in [0.5, 0.6) is 0 Å². The molecule has 3 heterocycles. The third-order valence-corrected chi connectivity index (χ3v) is 6.31. The van der Waals surface area contributed by atoms with Crippen LogP contribution in [-0.4, -0.2) is 52.8 Å². The molecular weight excluding hydrogens is 338 g/mol. The Morgan fingerprint density at radius 3 is 2.74 bits per heavy atom. The third-order valence-electron chi connectivity index (χ3n) is 6.31. The molecule has 2 aromatic rings. The van der Waals surface area contributed by atoms with Crippen LogP contribution in [0.2, 0.25) is 0 Å². The molecule has 1 unspecified atom stereocenters. The van der Waals surface area contributed by atoms with Crippen molar-refractivity contribution in [1.82, 2.24) is 14.9 Å². The van der Waals surface area contributed by atoms with Gasteiger partial charge in [-0.05, 0) is 49.0 Å². The van der Waals surface area contributed by atoms with Gasteiger partial charge < -0.3 is 10.0 Å². The molecule has 0 saturated carbocycles. The van der Waals surface area contributed by atoms with Crippen LogP contribution in [0, 0.1) is 22.7 Å². The minimum Gasteiger partial charge on any atom is -0.396 e. The molecule has 4 rings (SSSR count). The highest BCUT2D eigenvalue weighted by molar-refractivity contribution is 5.40. The van der Waals surface area contributed by atoms with E-state index >= 15 is 0 Å². The molecule has 1 aromatic carbocycles. The van der Waals surface area contributed by atoms with Gasteiger partial charge in [-0.25, -0.2) is 9.97 Å². The second-order valence-corrected chi connectivity index (χ2v) is 7.74. The topological polar surface area (TPSA) is 76.3 Å². The summed E-state index contributed by atoms with van der Waals surface area (Å²) in [7, 11) is 0. The highest BCUT2D eigenvalue weighted by Crippen LogP contribution is 2.45. The summed E-state index contributed by atoms with van der Waals surface area (Å²) in [6, 6.07) is 12.1. The van der Waals surface area contributed by atoms with E-state index in [2.05, 4.69) is 25.8 Å². The number of likely N-dealkylation sites (tertiary alicyclic amines) is 1. The summed E-state index contributed by atoms with van der Waals surface area (Å²) in [5.41, 5.74) is 2.01. The van der Waals surface area contributed by atoms with E-state index in [-0.39, 0.29) is 17.9 Å². The number of aromatic nitrogens is 2. The second kappa shape index (κ2) is 7.63. The zero-order chi connectivity index (χ0) is 18.7. The molecule has 1 spiro atoms. The Bertz CT molecular complexity index is 811. The number of nitrogens with zero attached hydrogens (tertiary/aromatic N) is 5. The van der Waals surface area contributed by atoms with E-state index < -0.39 is 0 Å². The van der Waals surface area contributed by atoms with Gasteiger partial charge in [0.2, 0.25) is 0 Å². The standard InChI is InChI=1S/C21H25N5O/c22-11-17-3-1-2-4-18(17)12-25-9-6-21(7-10-25)15-26(13-19(21)14-27)20-5-8-23-16-24-20/h1-5,8,16,19,27H,6-7,9-10,12-15H2. The van der Waals surface area contributed by atoms with Gasteiger partial charge in [-0.1, -0.05) is 18.2 Å². The molecular formula is C21H25N5O. The average molecular weight is 363 g/mol. The lowest BCUT2D eigenvalue weighted by atomic mass is 9.71. The smallest absolute Gasteiger partial charge is 0.131 e. The summed E-state index contributed by atoms with van der Waals surface area (Å²) < 4.78 is 0. The summed E-state index contributed by atoms with van der Waals surface area (Å²) in [5, 5.41) is 19.3. The van der Waals surface area contributed by atoms with E-state index in [0.29, 0.717) is 0 Å². The van der Waals surface area contributed by atoms with Gasteiger partial charge in [0.1, 0.15) is 12.1 Å². The van der Waals surface area contributed by atoms with E-state index in [0.717, 1.165) is 62.5 Å². The van der Waals surface area contributed by atoms with Gasteiger partial charge in [0.05, 0.1) is 11.6 Å². The molecule has 0 radical (unpaired) electrons. The van der Waals surface area contributed by atoms with Crippen molar-refractivity contribution in [3.8, 4) is 6.07 Å². The van der Waals surface area contributed by atoms with Crippen molar-refractivity contribution >= 4 is 5.82 Å². The molecule has 0 amide bonds. The summed E-state index contributed by atoms with van der Waals surface area (Å²) >= 11 is 0. The van der Waals surface area contributed by atoms with E-state index in [4.69, 9.17) is 0 Å². The van der Waals surface area contributed by atoms with Crippen LogP contribution < -0.4 is 4.90 Å². The van der Waals surface area contributed by atoms with Crippen LogP contribution in [0.3, 0.4) is 0 Å². The number of aliphatic hydroxyl groups is 1. The lowest BCUT2D eigenvalue weighted by Crippen LogP contribution is -2.44. The molecule has 1 aromatic heterocycles. The van der Waals surface area contributed by atoms with Crippen molar-refractivity contribution in [3.05, 3.63) is 54.0 Å². The van der Waals surface area contributed by atoms with Gasteiger partial charge in [-0.3, -0.25) is 4.90 Å². The zero-order valence-electron chi connectivity index (χ0n) is 15.5. The van der Waals surface area contributed by atoms with Gasteiger partial charge >= 0.3 is 0 Å². The number of hydrogen-bond donors (Lipinski definition) is 1. The number of hydrogen-bond acceptors (Lipinski definition) is 6. The first-order valence-corrected chi connectivity index (χ1v) is 9.56. The van der Waals surface area contributed by atoms with Crippen molar-refractivity contribution in [2.75, 3.05) is 37.7 Å². The number of rotatable bonds is 4. The van der Waals surface area contributed by atoms with Crippen molar-refractivity contribution in [1.29, 1.82) is 5.26 Å². The Balaban J connectivity index is 1.43. The Labute approximate surface area is 160 Å². The fraction of sp³-hybridized carbons (Fsp3) is 0.476. The number of benzene rings is 1. The average Bonchev–Trinajstić information content (AvgIpc) is 3.09. The van der Waals surface area contributed by atoms with Crippen LogP contribution in [0.25, 0.3) is 0 Å². The molecule has 1 N–H and O–H groups in total. The Morgan fingerprint density at radius 2 is 2.04 bits per heavy atom. The maximum atomic E-state index is 10.0. The van der Waals surface area contributed by atoms with Crippen molar-refractivity contribution in [3.63, 3.8) is 0 Å². The molecule has 2 aliphatic heterocycles. The molecule has 2 saturated heterocycles. The van der Waals surface area contributed by atoms with Crippen LogP contribution in [-0.2, 0) is 6.54 Å². The molecule has 2 aliphatic rings. The minimum atomic E-state index is 0.144. The van der Waals surface area contributed by atoms with E-state index in [9.17, 15) is 10.4 Å². The largest absolute Gasteiger partial charge is 0.396 e. The molecule has 2 fully saturated rings. The van der Waals surface area contributed by atoms with Gasteiger partial charge in [-0.2, -0.15) is 5.26 Å². The van der Waals surface area contributed by atoms with Crippen LogP contribution in [0.1, 0.15) is 24.0 Å². The highest BCUT2D eigenvalue weighted by Gasteiger charge is 2.47. The molecule has 6 nitrogen and oxygen atoms in total. The van der Waals surface area contributed by atoms with Crippen molar-refractivity contribution in [2.45, 2.75) is 19.4 Å². The Hall–Kier alpha value is -2.49. The minimum absolute atomic E-state index is 0.144. The molecule has 140 valence electrons. The second-order valence-electron chi connectivity index (χ2n) is 7.74.